The van der Waals surface area contributed by atoms with E-state index in [4.69, 9.17) is 5.11 Å². The molecule has 102 valence electrons. The Kier molecular flexibility index (Phi) is 4.09. The zero-order chi connectivity index (χ0) is 14.0. The third-order valence-electron chi connectivity index (χ3n) is 3.25. The lowest BCUT2D eigenvalue weighted by Gasteiger charge is -2.30. The molecule has 1 aromatic rings. The van der Waals surface area contributed by atoms with Crippen molar-refractivity contribution in [2.45, 2.75) is 12.8 Å². The van der Waals surface area contributed by atoms with E-state index in [1.165, 1.54) is 11.0 Å². The van der Waals surface area contributed by atoms with E-state index in [0.717, 1.165) is 0 Å². The Hall–Kier alpha value is -1.56. The van der Waals surface area contributed by atoms with Gasteiger partial charge < -0.3 is 15.1 Å². The number of phenols is 1. The number of piperidine rings is 1. The third-order valence-corrected chi connectivity index (χ3v) is 3.74. The maximum absolute atomic E-state index is 12.3. The number of nitrogens with zero attached hydrogens (tertiary/aromatic N) is 1. The van der Waals surface area contributed by atoms with Crippen LogP contribution in [0.2, 0.25) is 0 Å². The van der Waals surface area contributed by atoms with Gasteiger partial charge in [-0.1, -0.05) is 15.9 Å². The Morgan fingerprint density at radius 1 is 1.37 bits per heavy atom. The van der Waals surface area contributed by atoms with Crippen molar-refractivity contribution < 1.29 is 19.8 Å². The third kappa shape index (κ3) is 3.07. The lowest BCUT2D eigenvalue weighted by molar-refractivity contribution is -0.143. The fourth-order valence-corrected chi connectivity index (χ4v) is 2.57. The monoisotopic (exact) mass is 327 g/mol. The first-order chi connectivity index (χ1) is 8.99. The smallest absolute Gasteiger partial charge is 0.308 e. The summed E-state index contributed by atoms with van der Waals surface area (Å²) >= 11 is 3.25. The highest BCUT2D eigenvalue weighted by molar-refractivity contribution is 9.10. The number of phenolic OH excluding ortho intramolecular Hbond substituents is 1. The van der Waals surface area contributed by atoms with E-state index in [0.29, 0.717) is 23.9 Å². The number of aromatic hydroxyl groups is 1. The van der Waals surface area contributed by atoms with Crippen LogP contribution in [0.5, 0.6) is 5.75 Å². The Balaban J connectivity index is 2.19. The Labute approximate surface area is 119 Å². The lowest BCUT2D eigenvalue weighted by Crippen LogP contribution is -2.42. The number of carboxylic acid groups (broad SMARTS) is 1. The minimum atomic E-state index is -0.879. The number of halogens is 1. The van der Waals surface area contributed by atoms with Gasteiger partial charge in [0, 0.05) is 17.6 Å². The molecule has 1 heterocycles. The lowest BCUT2D eigenvalue weighted by atomic mass is 9.97. The number of hydrogen-bond donors (Lipinski definition) is 2. The van der Waals surface area contributed by atoms with Gasteiger partial charge in [0.2, 0.25) is 0 Å². The van der Waals surface area contributed by atoms with Gasteiger partial charge in [-0.25, -0.2) is 0 Å². The Morgan fingerprint density at radius 2 is 2.11 bits per heavy atom. The van der Waals surface area contributed by atoms with Crippen molar-refractivity contribution in [2.24, 2.45) is 5.92 Å². The highest BCUT2D eigenvalue weighted by Crippen LogP contribution is 2.25. The van der Waals surface area contributed by atoms with Crippen LogP contribution in [0.1, 0.15) is 23.2 Å². The number of carbonyl (C=O) groups is 2. The first-order valence-corrected chi connectivity index (χ1v) is 6.79. The number of rotatable bonds is 2. The van der Waals surface area contributed by atoms with Gasteiger partial charge in [-0.3, -0.25) is 9.59 Å². The van der Waals surface area contributed by atoms with Crippen molar-refractivity contribution in [3.63, 3.8) is 0 Å². The number of benzene rings is 1. The molecule has 0 aromatic heterocycles. The Bertz CT molecular complexity index is 517. The molecule has 1 saturated heterocycles. The maximum Gasteiger partial charge on any atom is 0.308 e. The number of carboxylic acids is 1. The maximum atomic E-state index is 12.3. The molecule has 1 aromatic carbocycles. The van der Waals surface area contributed by atoms with Crippen LogP contribution in [0.3, 0.4) is 0 Å². The summed E-state index contributed by atoms with van der Waals surface area (Å²) in [6, 6.07) is 4.63. The number of amides is 1. The summed E-state index contributed by atoms with van der Waals surface area (Å²) in [6.45, 7) is 0.717. The summed E-state index contributed by atoms with van der Waals surface area (Å²) < 4.78 is 0.695. The van der Waals surface area contributed by atoms with Gasteiger partial charge in [-0.15, -0.1) is 0 Å². The fourth-order valence-electron chi connectivity index (χ4n) is 2.21. The van der Waals surface area contributed by atoms with Crippen LogP contribution in [0, 0.1) is 5.92 Å². The molecular weight excluding hydrogens is 314 g/mol. The molecule has 1 aliphatic rings. The second-order valence-electron chi connectivity index (χ2n) is 4.59. The second kappa shape index (κ2) is 5.61. The molecule has 19 heavy (non-hydrogen) atoms. The Morgan fingerprint density at radius 3 is 2.79 bits per heavy atom. The summed E-state index contributed by atoms with van der Waals surface area (Å²) in [5.41, 5.74) is 0.195. The molecule has 0 bridgehead atoms. The molecular formula is C13H14BrNO4. The summed E-state index contributed by atoms with van der Waals surface area (Å²) in [5.74, 6) is -1.82. The number of likely N-dealkylation sites (tertiary alicyclic amines) is 1. The summed E-state index contributed by atoms with van der Waals surface area (Å²) in [5, 5.41) is 18.7. The molecule has 0 saturated carbocycles. The van der Waals surface area contributed by atoms with Gasteiger partial charge in [0.15, 0.2) is 0 Å². The van der Waals surface area contributed by atoms with Crippen molar-refractivity contribution in [3.05, 3.63) is 28.2 Å². The number of aliphatic carboxylic acids is 1. The second-order valence-corrected chi connectivity index (χ2v) is 5.51. The van der Waals surface area contributed by atoms with Crippen molar-refractivity contribution in [1.82, 2.24) is 4.90 Å². The first kappa shape index (κ1) is 13.9. The molecule has 2 N–H and O–H groups in total. The SMILES string of the molecule is O=C(O)[C@H]1CCCN(C(=O)c2cc(Br)ccc2O)C1. The average molecular weight is 328 g/mol. The molecule has 0 radical (unpaired) electrons. The average Bonchev–Trinajstić information content (AvgIpc) is 2.41. The van der Waals surface area contributed by atoms with Crippen LogP contribution in [0.4, 0.5) is 0 Å². The fraction of sp³-hybridized carbons (Fsp3) is 0.385. The zero-order valence-corrected chi connectivity index (χ0v) is 11.8. The highest BCUT2D eigenvalue weighted by Gasteiger charge is 2.29. The van der Waals surface area contributed by atoms with Crippen LogP contribution in [0.15, 0.2) is 22.7 Å². The van der Waals surface area contributed by atoms with Crippen molar-refractivity contribution in [1.29, 1.82) is 0 Å². The van der Waals surface area contributed by atoms with Gasteiger partial charge in [0.1, 0.15) is 5.75 Å². The van der Waals surface area contributed by atoms with Gasteiger partial charge in [-0.2, -0.15) is 0 Å². The van der Waals surface area contributed by atoms with Crippen LogP contribution >= 0.6 is 15.9 Å². The van der Waals surface area contributed by atoms with E-state index in [2.05, 4.69) is 15.9 Å². The molecule has 5 nitrogen and oxygen atoms in total. The number of hydrogen-bond acceptors (Lipinski definition) is 3. The standard InChI is InChI=1S/C13H14BrNO4/c14-9-3-4-11(16)10(6-9)12(17)15-5-1-2-8(7-15)13(18)19/h3-4,6,8,16H,1-2,5,7H2,(H,18,19)/t8-/m0/s1. The summed E-state index contributed by atoms with van der Waals surface area (Å²) in [6.07, 6.45) is 1.25. The molecule has 1 aliphatic heterocycles. The van der Waals surface area contributed by atoms with Crippen LogP contribution in [0.25, 0.3) is 0 Å². The topological polar surface area (TPSA) is 77.8 Å². The van der Waals surface area contributed by atoms with E-state index < -0.39 is 11.9 Å². The van der Waals surface area contributed by atoms with Gasteiger partial charge in [0.05, 0.1) is 11.5 Å². The predicted octanol–water partition coefficient (Wildman–Crippen LogP) is 2.09. The molecule has 0 unspecified atom stereocenters. The van der Waals surface area contributed by atoms with Crippen molar-refractivity contribution in [2.75, 3.05) is 13.1 Å². The summed E-state index contributed by atoms with van der Waals surface area (Å²) in [7, 11) is 0. The molecule has 1 fully saturated rings. The van der Waals surface area contributed by atoms with Crippen LogP contribution in [-0.2, 0) is 4.79 Å². The minimum absolute atomic E-state index is 0.0920. The molecule has 1 amide bonds. The van der Waals surface area contributed by atoms with E-state index >= 15 is 0 Å². The molecule has 0 aliphatic carbocycles. The minimum Gasteiger partial charge on any atom is -0.507 e. The predicted molar refractivity (Wildman–Crippen MR) is 72.1 cm³/mol. The molecule has 6 heteroatoms. The summed E-state index contributed by atoms with van der Waals surface area (Å²) in [4.78, 5) is 24.8. The molecule has 0 spiro atoms. The van der Waals surface area contributed by atoms with E-state index in [1.54, 1.807) is 12.1 Å². The van der Waals surface area contributed by atoms with Gasteiger partial charge in [-0.05, 0) is 31.0 Å². The molecule has 2 rings (SSSR count). The van der Waals surface area contributed by atoms with Gasteiger partial charge in [0.25, 0.3) is 5.91 Å². The quantitative estimate of drug-likeness (QED) is 0.871. The number of carbonyl (C=O) groups excluding carboxylic acids is 1. The van der Waals surface area contributed by atoms with E-state index in [1.807, 2.05) is 0 Å². The van der Waals surface area contributed by atoms with Crippen LogP contribution in [-0.4, -0.2) is 40.1 Å². The van der Waals surface area contributed by atoms with Gasteiger partial charge >= 0.3 is 5.97 Å². The van der Waals surface area contributed by atoms with Crippen molar-refractivity contribution in [3.8, 4) is 5.75 Å². The first-order valence-electron chi connectivity index (χ1n) is 5.99. The van der Waals surface area contributed by atoms with E-state index in [-0.39, 0.29) is 23.8 Å². The van der Waals surface area contributed by atoms with Crippen LogP contribution < -0.4 is 0 Å². The van der Waals surface area contributed by atoms with Crippen molar-refractivity contribution >= 4 is 27.8 Å². The zero-order valence-electron chi connectivity index (χ0n) is 10.2. The largest absolute Gasteiger partial charge is 0.507 e. The van der Waals surface area contributed by atoms with E-state index in [9.17, 15) is 14.7 Å². The molecule has 1 atom stereocenters. The highest BCUT2D eigenvalue weighted by atomic mass is 79.9. The normalized spacial score (nSPS) is 19.2.